The van der Waals surface area contributed by atoms with E-state index in [1.807, 2.05) is 30.3 Å². The molecule has 0 unspecified atom stereocenters. The molecule has 0 bridgehead atoms. The Labute approximate surface area is 192 Å². The summed E-state index contributed by atoms with van der Waals surface area (Å²) < 4.78 is 1.76. The maximum atomic E-state index is 13.1. The Hall–Kier alpha value is -3.38. The molecule has 2 N–H and O–H groups in total. The SMILES string of the molecule is CC(C)c1cccc(C(C)C)c1NC(=O)Nc1nc2ccccc2n1-c1ncccc1Cl. The van der Waals surface area contributed by atoms with Crippen LogP contribution >= 0.6 is 11.6 Å². The van der Waals surface area contributed by atoms with E-state index in [4.69, 9.17) is 11.6 Å². The van der Waals surface area contributed by atoms with E-state index in [0.29, 0.717) is 16.8 Å². The van der Waals surface area contributed by atoms with Gasteiger partial charge in [0, 0.05) is 11.9 Å². The Bertz CT molecular complexity index is 1250. The van der Waals surface area contributed by atoms with Crippen LogP contribution in [0, 0.1) is 0 Å². The van der Waals surface area contributed by atoms with E-state index in [2.05, 4.69) is 60.4 Å². The zero-order valence-corrected chi connectivity index (χ0v) is 19.3. The lowest BCUT2D eigenvalue weighted by atomic mass is 9.93. The van der Waals surface area contributed by atoms with E-state index < -0.39 is 0 Å². The number of hydrogen-bond donors (Lipinski definition) is 2. The fraction of sp³-hybridized carbons (Fsp3) is 0.240. The number of imidazole rings is 1. The molecule has 32 heavy (non-hydrogen) atoms. The number of anilines is 2. The summed E-state index contributed by atoms with van der Waals surface area (Å²) in [6.45, 7) is 8.46. The van der Waals surface area contributed by atoms with Crippen LogP contribution in [0.25, 0.3) is 16.9 Å². The van der Waals surface area contributed by atoms with Crippen molar-refractivity contribution >= 4 is 40.3 Å². The molecule has 164 valence electrons. The normalized spacial score (nSPS) is 11.3. The van der Waals surface area contributed by atoms with Gasteiger partial charge < -0.3 is 5.32 Å². The molecule has 2 aromatic carbocycles. The number of hydrogen-bond acceptors (Lipinski definition) is 3. The molecular formula is C25H26ClN5O. The van der Waals surface area contributed by atoms with Crippen LogP contribution < -0.4 is 10.6 Å². The van der Waals surface area contributed by atoms with Crippen LogP contribution in [-0.4, -0.2) is 20.6 Å². The maximum absolute atomic E-state index is 13.1. The second-order valence-electron chi connectivity index (χ2n) is 8.27. The molecule has 0 saturated heterocycles. The van der Waals surface area contributed by atoms with Gasteiger partial charge in [0.15, 0.2) is 5.82 Å². The molecular weight excluding hydrogens is 422 g/mol. The molecule has 6 nitrogen and oxygen atoms in total. The number of halogens is 1. The monoisotopic (exact) mass is 447 g/mol. The number of urea groups is 1. The van der Waals surface area contributed by atoms with Gasteiger partial charge in [-0.1, -0.05) is 69.6 Å². The smallest absolute Gasteiger partial charge is 0.307 e. The van der Waals surface area contributed by atoms with Crippen molar-refractivity contribution in [1.82, 2.24) is 14.5 Å². The van der Waals surface area contributed by atoms with Gasteiger partial charge in [-0.25, -0.2) is 14.8 Å². The van der Waals surface area contributed by atoms with Crippen LogP contribution in [0.1, 0.15) is 50.7 Å². The van der Waals surface area contributed by atoms with Crippen molar-refractivity contribution in [3.05, 3.63) is 76.9 Å². The first-order valence-corrected chi connectivity index (χ1v) is 11.0. The Balaban J connectivity index is 1.74. The fourth-order valence-corrected chi connectivity index (χ4v) is 4.01. The third-order valence-electron chi connectivity index (χ3n) is 5.35. The summed E-state index contributed by atoms with van der Waals surface area (Å²) in [5, 5.41) is 6.45. The van der Waals surface area contributed by atoms with Gasteiger partial charge in [-0.15, -0.1) is 0 Å². The van der Waals surface area contributed by atoms with Gasteiger partial charge in [0.05, 0.1) is 16.1 Å². The topological polar surface area (TPSA) is 71.8 Å². The fourth-order valence-electron chi connectivity index (χ4n) is 3.81. The van der Waals surface area contributed by atoms with E-state index in [1.165, 1.54) is 0 Å². The number of benzene rings is 2. The summed E-state index contributed by atoms with van der Waals surface area (Å²) in [6, 6.07) is 16.9. The van der Waals surface area contributed by atoms with Gasteiger partial charge in [-0.05, 0) is 47.2 Å². The van der Waals surface area contributed by atoms with Crippen LogP contribution in [-0.2, 0) is 0 Å². The number of amides is 2. The summed E-state index contributed by atoms with van der Waals surface area (Å²) in [7, 11) is 0. The number of fused-ring (bicyclic) bond motifs is 1. The molecule has 2 heterocycles. The van der Waals surface area contributed by atoms with E-state index in [9.17, 15) is 4.79 Å². The van der Waals surface area contributed by atoms with Crippen LogP contribution in [0.3, 0.4) is 0 Å². The first kappa shape index (κ1) is 21.8. The zero-order chi connectivity index (χ0) is 22.8. The first-order chi connectivity index (χ1) is 15.4. The average molecular weight is 448 g/mol. The van der Waals surface area contributed by atoms with Gasteiger partial charge >= 0.3 is 6.03 Å². The van der Waals surface area contributed by atoms with Crippen LogP contribution in [0.2, 0.25) is 5.02 Å². The number of carbonyl (C=O) groups excluding carboxylic acids is 1. The highest BCUT2D eigenvalue weighted by molar-refractivity contribution is 6.32. The molecule has 0 atom stereocenters. The second-order valence-corrected chi connectivity index (χ2v) is 8.68. The molecule has 7 heteroatoms. The molecule has 0 aliphatic rings. The van der Waals surface area contributed by atoms with Gasteiger partial charge in [0.1, 0.15) is 0 Å². The van der Waals surface area contributed by atoms with Gasteiger partial charge in [-0.3, -0.25) is 9.88 Å². The van der Waals surface area contributed by atoms with Crippen molar-refractivity contribution in [2.24, 2.45) is 0 Å². The maximum Gasteiger partial charge on any atom is 0.326 e. The highest BCUT2D eigenvalue weighted by Gasteiger charge is 2.20. The average Bonchev–Trinajstić information content (AvgIpc) is 3.11. The van der Waals surface area contributed by atoms with Crippen molar-refractivity contribution < 1.29 is 4.79 Å². The largest absolute Gasteiger partial charge is 0.326 e. The number of aromatic nitrogens is 3. The van der Waals surface area contributed by atoms with Crippen LogP contribution in [0.15, 0.2) is 60.8 Å². The summed E-state index contributed by atoms with van der Waals surface area (Å²) >= 11 is 6.43. The highest BCUT2D eigenvalue weighted by atomic mass is 35.5. The summed E-state index contributed by atoms with van der Waals surface area (Å²) in [4.78, 5) is 22.2. The van der Waals surface area contributed by atoms with E-state index in [-0.39, 0.29) is 17.9 Å². The predicted molar refractivity (Wildman–Crippen MR) is 131 cm³/mol. The van der Waals surface area contributed by atoms with Crippen molar-refractivity contribution in [2.45, 2.75) is 39.5 Å². The minimum Gasteiger partial charge on any atom is -0.307 e. The van der Waals surface area contributed by atoms with Crippen LogP contribution in [0.5, 0.6) is 0 Å². The number of pyridine rings is 1. The molecule has 4 rings (SSSR count). The van der Waals surface area contributed by atoms with Gasteiger partial charge in [0.2, 0.25) is 5.95 Å². The number of rotatable bonds is 5. The first-order valence-electron chi connectivity index (χ1n) is 10.7. The molecule has 0 fully saturated rings. The van der Waals surface area contributed by atoms with Gasteiger partial charge in [0.25, 0.3) is 0 Å². The molecule has 2 aromatic heterocycles. The van der Waals surface area contributed by atoms with Crippen molar-refractivity contribution in [3.8, 4) is 5.82 Å². The summed E-state index contributed by atoms with van der Waals surface area (Å²) in [5.74, 6) is 1.38. The Kier molecular flexibility index (Phi) is 6.15. The molecule has 0 aliphatic carbocycles. The molecule has 0 aliphatic heterocycles. The number of nitrogens with one attached hydrogen (secondary N) is 2. The number of nitrogens with zero attached hydrogens (tertiary/aromatic N) is 3. The van der Waals surface area contributed by atoms with Crippen molar-refractivity contribution in [3.63, 3.8) is 0 Å². The van der Waals surface area contributed by atoms with Crippen molar-refractivity contribution in [1.29, 1.82) is 0 Å². The Morgan fingerprint density at radius 2 is 1.59 bits per heavy atom. The van der Waals surface area contributed by atoms with E-state index in [1.54, 1.807) is 22.9 Å². The predicted octanol–water partition coefficient (Wildman–Crippen LogP) is 6.96. The molecule has 0 spiro atoms. The minimum absolute atomic E-state index is 0.265. The van der Waals surface area contributed by atoms with E-state index >= 15 is 0 Å². The van der Waals surface area contributed by atoms with Crippen molar-refractivity contribution in [2.75, 3.05) is 10.6 Å². The van der Waals surface area contributed by atoms with Gasteiger partial charge in [-0.2, -0.15) is 0 Å². The summed E-state index contributed by atoms with van der Waals surface area (Å²) in [6.07, 6.45) is 1.66. The third-order valence-corrected chi connectivity index (χ3v) is 5.64. The van der Waals surface area contributed by atoms with E-state index in [0.717, 1.165) is 27.8 Å². The lowest BCUT2D eigenvalue weighted by molar-refractivity contribution is 0.262. The summed E-state index contributed by atoms with van der Waals surface area (Å²) in [5.41, 5.74) is 4.55. The minimum atomic E-state index is -0.372. The lowest BCUT2D eigenvalue weighted by Crippen LogP contribution is -2.23. The second kappa shape index (κ2) is 9.01. The van der Waals surface area contributed by atoms with Crippen LogP contribution in [0.4, 0.5) is 16.4 Å². The molecule has 0 radical (unpaired) electrons. The Morgan fingerprint density at radius 1 is 0.906 bits per heavy atom. The highest BCUT2D eigenvalue weighted by Crippen LogP contribution is 2.33. The molecule has 0 saturated carbocycles. The standard InChI is InChI=1S/C25H26ClN5O/c1-15(2)17-9-7-10-18(16(3)4)22(17)29-25(32)30-24-28-20-12-5-6-13-21(20)31(24)23-19(26)11-8-14-27-23/h5-16H,1-4H3,(H2,28,29,30,32). The quantitative estimate of drug-likeness (QED) is 0.347. The lowest BCUT2D eigenvalue weighted by Gasteiger charge is -2.20. The number of carbonyl (C=O) groups is 1. The molecule has 2 amide bonds. The zero-order valence-electron chi connectivity index (χ0n) is 18.6. The molecule has 4 aromatic rings. The number of para-hydroxylation sites is 3. The Morgan fingerprint density at radius 3 is 2.25 bits per heavy atom. The third kappa shape index (κ3) is 4.18.